The van der Waals surface area contributed by atoms with Gasteiger partial charge in [0, 0.05) is 6.20 Å². The van der Waals surface area contributed by atoms with Gasteiger partial charge < -0.3 is 24.7 Å². The molecule has 0 spiro atoms. The Labute approximate surface area is 238 Å². The van der Waals surface area contributed by atoms with Gasteiger partial charge in [0.1, 0.15) is 24.1 Å². The highest BCUT2D eigenvalue weighted by molar-refractivity contribution is 7.98. The topological polar surface area (TPSA) is 97.8 Å². The minimum Gasteiger partial charge on any atom is -0.383 e. The second-order valence-corrected chi connectivity index (χ2v) is 10.3. The average molecular weight is 560 g/mol. The number of hydrogen-bond acceptors (Lipinski definition) is 8. The second-order valence-electron chi connectivity index (χ2n) is 9.47. The number of benzene rings is 3. The summed E-state index contributed by atoms with van der Waals surface area (Å²) in [6, 6.07) is 29.7. The third-order valence-electron chi connectivity index (χ3n) is 6.69. The normalized spacial score (nSPS) is 20.5. The van der Waals surface area contributed by atoms with Crippen LogP contribution in [0.3, 0.4) is 0 Å². The largest absolute Gasteiger partial charge is 0.383 e. The quantitative estimate of drug-likeness (QED) is 0.247. The number of nitrogens with zero attached hydrogens (tertiary/aromatic N) is 2. The van der Waals surface area contributed by atoms with Crippen molar-refractivity contribution in [1.82, 2.24) is 9.55 Å². The third-order valence-corrected chi connectivity index (χ3v) is 7.44. The summed E-state index contributed by atoms with van der Waals surface area (Å²) in [7, 11) is 0. The zero-order chi connectivity index (χ0) is 27.7. The maximum Gasteiger partial charge on any atom is 0.351 e. The van der Waals surface area contributed by atoms with Crippen molar-refractivity contribution in [3.63, 3.8) is 0 Å². The number of anilines is 1. The van der Waals surface area contributed by atoms with E-state index in [4.69, 9.17) is 24.7 Å². The van der Waals surface area contributed by atoms with Crippen LogP contribution in [0.1, 0.15) is 22.9 Å². The lowest BCUT2D eigenvalue weighted by atomic mass is 10.1. The van der Waals surface area contributed by atoms with Crippen molar-refractivity contribution in [2.24, 2.45) is 0 Å². The minimum absolute atomic E-state index is 0.188. The minimum atomic E-state index is -0.790. The highest BCUT2D eigenvalue weighted by Crippen LogP contribution is 2.35. The van der Waals surface area contributed by atoms with Crippen molar-refractivity contribution in [3.05, 3.63) is 124 Å². The van der Waals surface area contributed by atoms with E-state index in [1.807, 2.05) is 97.3 Å². The van der Waals surface area contributed by atoms with Gasteiger partial charge in [-0.1, -0.05) is 91.0 Å². The molecular weight excluding hydrogens is 526 g/mol. The molecule has 8 nitrogen and oxygen atoms in total. The lowest BCUT2D eigenvalue weighted by molar-refractivity contribution is -0.0922. The monoisotopic (exact) mass is 559 g/mol. The summed E-state index contributed by atoms with van der Waals surface area (Å²) in [6.07, 6.45) is 1.13. The van der Waals surface area contributed by atoms with Crippen LogP contribution in [-0.4, -0.2) is 40.7 Å². The van der Waals surface area contributed by atoms with Gasteiger partial charge in [0.15, 0.2) is 6.23 Å². The fraction of sp³-hybridized carbons (Fsp3) is 0.290. The van der Waals surface area contributed by atoms with Crippen molar-refractivity contribution < 1.29 is 18.9 Å². The van der Waals surface area contributed by atoms with Crippen LogP contribution in [0, 0.1) is 0 Å². The fourth-order valence-corrected chi connectivity index (χ4v) is 5.12. The Hall–Kier alpha value is -3.47. The Bertz CT molecular complexity index is 1410. The first kappa shape index (κ1) is 28.1. The predicted octanol–water partition coefficient (Wildman–Crippen LogP) is 4.83. The van der Waals surface area contributed by atoms with E-state index in [9.17, 15) is 4.79 Å². The van der Waals surface area contributed by atoms with Crippen molar-refractivity contribution in [3.8, 4) is 0 Å². The number of hydrogen-bond donors (Lipinski definition) is 1. The number of thioether (sulfide) groups is 1. The van der Waals surface area contributed by atoms with Crippen LogP contribution in [0.5, 0.6) is 0 Å². The number of rotatable bonds is 12. The highest BCUT2D eigenvalue weighted by Gasteiger charge is 2.48. The summed E-state index contributed by atoms with van der Waals surface area (Å²) in [6.45, 7) is 1.35. The highest BCUT2D eigenvalue weighted by atomic mass is 32.2. The van der Waals surface area contributed by atoms with E-state index < -0.39 is 30.2 Å². The fourth-order valence-electron chi connectivity index (χ4n) is 4.65. The van der Waals surface area contributed by atoms with E-state index in [0.29, 0.717) is 24.7 Å². The molecule has 2 heterocycles. The molecule has 5 rings (SSSR count). The first-order chi connectivity index (χ1) is 19.6. The molecule has 4 aromatic rings. The zero-order valence-electron chi connectivity index (χ0n) is 22.3. The summed E-state index contributed by atoms with van der Waals surface area (Å²) in [5.74, 6) is 0.188. The van der Waals surface area contributed by atoms with Gasteiger partial charge in [0.25, 0.3) is 0 Å². The van der Waals surface area contributed by atoms with Crippen LogP contribution in [0.25, 0.3) is 0 Å². The maximum absolute atomic E-state index is 13.1. The molecule has 0 radical (unpaired) electrons. The van der Waals surface area contributed by atoms with Crippen molar-refractivity contribution in [2.75, 3.05) is 18.6 Å². The Balaban J connectivity index is 1.44. The molecule has 1 aromatic heterocycles. The Morgan fingerprint density at radius 1 is 0.825 bits per heavy atom. The Morgan fingerprint density at radius 3 is 1.90 bits per heavy atom. The van der Waals surface area contributed by atoms with Gasteiger partial charge in [0.05, 0.1) is 31.3 Å². The van der Waals surface area contributed by atoms with E-state index in [1.165, 1.54) is 16.3 Å². The van der Waals surface area contributed by atoms with Crippen LogP contribution in [0.4, 0.5) is 5.82 Å². The number of nitrogen functional groups attached to an aromatic ring is 1. The van der Waals surface area contributed by atoms with Crippen LogP contribution < -0.4 is 11.4 Å². The first-order valence-corrected chi connectivity index (χ1v) is 14.4. The molecule has 0 saturated carbocycles. The lowest BCUT2D eigenvalue weighted by Crippen LogP contribution is -2.40. The molecule has 0 amide bonds. The third kappa shape index (κ3) is 6.99. The smallest absolute Gasteiger partial charge is 0.351 e. The molecular formula is C31H33N3O5S. The van der Waals surface area contributed by atoms with E-state index in [0.717, 1.165) is 16.7 Å². The molecule has 1 fully saturated rings. The molecule has 208 valence electrons. The van der Waals surface area contributed by atoms with Gasteiger partial charge in [-0.3, -0.25) is 4.57 Å². The zero-order valence-corrected chi connectivity index (χ0v) is 23.1. The van der Waals surface area contributed by atoms with E-state index in [1.54, 1.807) is 6.20 Å². The van der Waals surface area contributed by atoms with E-state index in [-0.39, 0.29) is 12.4 Å². The summed E-state index contributed by atoms with van der Waals surface area (Å²) < 4.78 is 27.0. The first-order valence-electron chi connectivity index (χ1n) is 13.1. The Kier molecular flexibility index (Phi) is 9.64. The molecule has 1 saturated heterocycles. The number of ether oxygens (including phenoxy) is 4. The van der Waals surface area contributed by atoms with Gasteiger partial charge in [0.2, 0.25) is 0 Å². The van der Waals surface area contributed by atoms with Gasteiger partial charge in [-0.15, -0.1) is 11.8 Å². The van der Waals surface area contributed by atoms with Gasteiger partial charge in [-0.2, -0.15) is 4.98 Å². The summed E-state index contributed by atoms with van der Waals surface area (Å²) >= 11 is 1.41. The summed E-state index contributed by atoms with van der Waals surface area (Å²) in [4.78, 5) is 17.8. The Morgan fingerprint density at radius 2 is 1.35 bits per heavy atom. The van der Waals surface area contributed by atoms with Crippen LogP contribution >= 0.6 is 11.8 Å². The number of nitrogens with two attached hydrogens (primary N) is 1. The second kappa shape index (κ2) is 13.7. The molecule has 0 aliphatic carbocycles. The SMILES string of the molecule is CSc1cn([C@@H]2O[C@H](COCc3ccccc3)[C@@H](OCc3ccccc3)[C@@H]2OCc2ccccc2)c(=O)nc1N. The molecule has 0 unspecified atom stereocenters. The standard InChI is InChI=1S/C31H33N3O5S/c1-40-26-17-34(31(35)33-29(26)32)30-28(38-20-24-15-9-4-10-16-24)27(37-19-23-13-7-3-8-14-23)25(39-30)21-36-18-22-11-5-2-6-12-22/h2-17,25,27-28,30H,18-21H2,1H3,(H2,32,33,35)/t25-,27-,28+,30-/m1/s1. The van der Waals surface area contributed by atoms with Crippen molar-refractivity contribution >= 4 is 17.6 Å². The predicted molar refractivity (Wildman–Crippen MR) is 155 cm³/mol. The summed E-state index contributed by atoms with van der Waals surface area (Å²) in [5, 5.41) is 0. The lowest BCUT2D eigenvalue weighted by Gasteiger charge is -2.26. The van der Waals surface area contributed by atoms with Crippen LogP contribution in [-0.2, 0) is 38.8 Å². The average Bonchev–Trinajstić information content (AvgIpc) is 3.33. The molecule has 2 N–H and O–H groups in total. The van der Waals surface area contributed by atoms with E-state index in [2.05, 4.69) is 4.98 Å². The number of aromatic nitrogens is 2. The molecule has 4 atom stereocenters. The van der Waals surface area contributed by atoms with Crippen LogP contribution in [0.2, 0.25) is 0 Å². The summed E-state index contributed by atoms with van der Waals surface area (Å²) in [5.41, 5.74) is 8.56. The van der Waals surface area contributed by atoms with Gasteiger partial charge in [-0.25, -0.2) is 4.79 Å². The molecule has 1 aliphatic heterocycles. The molecule has 1 aliphatic rings. The van der Waals surface area contributed by atoms with E-state index >= 15 is 0 Å². The van der Waals surface area contributed by atoms with Gasteiger partial charge >= 0.3 is 5.69 Å². The molecule has 3 aromatic carbocycles. The molecule has 0 bridgehead atoms. The maximum atomic E-state index is 13.1. The van der Waals surface area contributed by atoms with Crippen molar-refractivity contribution in [1.29, 1.82) is 0 Å². The molecule has 40 heavy (non-hydrogen) atoms. The molecule has 9 heteroatoms. The van der Waals surface area contributed by atoms with Crippen molar-refractivity contribution in [2.45, 2.75) is 49.3 Å². The van der Waals surface area contributed by atoms with Gasteiger partial charge in [-0.05, 0) is 22.9 Å². The van der Waals surface area contributed by atoms with Crippen LogP contribution in [0.15, 0.2) is 107 Å².